The highest BCUT2D eigenvalue weighted by Gasteiger charge is 2.33. The lowest BCUT2D eigenvalue weighted by Gasteiger charge is -2.27. The number of anilines is 1. The quantitative estimate of drug-likeness (QED) is 0.343. The molecule has 0 fully saturated rings. The van der Waals surface area contributed by atoms with Crippen LogP contribution in [0.4, 0.5) is 5.69 Å². The Hall–Kier alpha value is -3.19. The molecule has 31 heavy (non-hydrogen) atoms. The molecule has 0 saturated heterocycles. The van der Waals surface area contributed by atoms with E-state index in [1.807, 2.05) is 0 Å². The van der Waals surface area contributed by atoms with Gasteiger partial charge in [-0.2, -0.15) is 4.31 Å². The SMILES string of the molecule is CC(C(=O)NO)N(Cc1cccnc1)S(=O)(=O)c1ccc(NC(=O)c2cncs2)cc1. The third-order valence-corrected chi connectivity index (χ3v) is 7.06. The number of pyridine rings is 1. The zero-order valence-electron chi connectivity index (χ0n) is 16.3. The molecule has 0 saturated carbocycles. The maximum absolute atomic E-state index is 13.3. The number of hydroxylamine groups is 1. The Kier molecular flexibility index (Phi) is 7.07. The molecule has 162 valence electrons. The molecule has 10 nitrogen and oxygen atoms in total. The van der Waals surface area contributed by atoms with Gasteiger partial charge in [0.25, 0.3) is 11.8 Å². The molecule has 1 atom stereocenters. The van der Waals surface area contributed by atoms with E-state index in [0.717, 1.165) is 4.31 Å². The highest BCUT2D eigenvalue weighted by atomic mass is 32.2. The summed E-state index contributed by atoms with van der Waals surface area (Å²) in [7, 11) is -4.13. The van der Waals surface area contributed by atoms with Crippen LogP contribution in [0.25, 0.3) is 0 Å². The highest BCUT2D eigenvalue weighted by Crippen LogP contribution is 2.23. The fourth-order valence-electron chi connectivity index (χ4n) is 2.69. The molecule has 2 aromatic heterocycles. The van der Waals surface area contributed by atoms with Crippen LogP contribution in [-0.2, 0) is 21.4 Å². The number of sulfonamides is 1. The van der Waals surface area contributed by atoms with Crippen molar-refractivity contribution < 1.29 is 23.2 Å². The molecule has 0 radical (unpaired) electrons. The van der Waals surface area contributed by atoms with Crippen molar-refractivity contribution in [3.63, 3.8) is 0 Å². The van der Waals surface area contributed by atoms with Crippen LogP contribution >= 0.6 is 11.3 Å². The largest absolute Gasteiger partial charge is 0.321 e. The first-order chi connectivity index (χ1) is 14.8. The first kappa shape index (κ1) is 22.5. The van der Waals surface area contributed by atoms with Crippen LogP contribution in [0.3, 0.4) is 0 Å². The number of hydrogen-bond acceptors (Lipinski definition) is 8. The second-order valence-electron chi connectivity index (χ2n) is 6.41. The third-order valence-electron chi connectivity index (χ3n) is 4.36. The maximum atomic E-state index is 13.3. The maximum Gasteiger partial charge on any atom is 0.267 e. The summed E-state index contributed by atoms with van der Waals surface area (Å²) in [5, 5.41) is 11.6. The summed E-state index contributed by atoms with van der Waals surface area (Å²) in [6.45, 7) is 1.23. The molecular weight excluding hydrogens is 442 g/mol. The summed E-state index contributed by atoms with van der Waals surface area (Å²) in [5.41, 5.74) is 3.99. The topological polar surface area (TPSA) is 142 Å². The van der Waals surface area contributed by atoms with Crippen LogP contribution in [0, 0.1) is 0 Å². The van der Waals surface area contributed by atoms with Gasteiger partial charge in [0.05, 0.1) is 16.6 Å². The van der Waals surface area contributed by atoms with Crippen molar-refractivity contribution in [3.8, 4) is 0 Å². The van der Waals surface area contributed by atoms with Crippen molar-refractivity contribution >= 4 is 38.9 Å². The fourth-order valence-corrected chi connectivity index (χ4v) is 4.79. The summed E-state index contributed by atoms with van der Waals surface area (Å²) in [5.74, 6) is -1.23. The van der Waals surface area contributed by atoms with Gasteiger partial charge < -0.3 is 5.32 Å². The summed E-state index contributed by atoms with van der Waals surface area (Å²) >= 11 is 1.18. The van der Waals surface area contributed by atoms with Crippen LogP contribution in [0.2, 0.25) is 0 Å². The van der Waals surface area contributed by atoms with Crippen molar-refractivity contribution in [1.29, 1.82) is 0 Å². The molecule has 0 aliphatic rings. The van der Waals surface area contributed by atoms with Gasteiger partial charge in [0.2, 0.25) is 10.0 Å². The second-order valence-corrected chi connectivity index (χ2v) is 9.18. The van der Waals surface area contributed by atoms with E-state index in [1.165, 1.54) is 65.9 Å². The van der Waals surface area contributed by atoms with E-state index in [9.17, 15) is 18.0 Å². The van der Waals surface area contributed by atoms with Gasteiger partial charge in [0.1, 0.15) is 10.9 Å². The van der Waals surface area contributed by atoms with Crippen LogP contribution in [0.1, 0.15) is 22.2 Å². The molecule has 0 aliphatic heterocycles. The van der Waals surface area contributed by atoms with Gasteiger partial charge in [-0.1, -0.05) is 6.07 Å². The van der Waals surface area contributed by atoms with E-state index in [0.29, 0.717) is 16.1 Å². The Morgan fingerprint density at radius 1 is 1.16 bits per heavy atom. The molecule has 12 heteroatoms. The van der Waals surface area contributed by atoms with Crippen molar-refractivity contribution in [3.05, 3.63) is 70.9 Å². The number of amides is 2. The van der Waals surface area contributed by atoms with E-state index in [4.69, 9.17) is 5.21 Å². The minimum atomic E-state index is -4.13. The molecule has 0 spiro atoms. The van der Waals surface area contributed by atoms with Crippen molar-refractivity contribution in [1.82, 2.24) is 19.8 Å². The van der Waals surface area contributed by atoms with Crippen LogP contribution in [-0.4, -0.2) is 45.8 Å². The number of rotatable bonds is 8. The number of carbonyl (C=O) groups is 2. The zero-order chi connectivity index (χ0) is 22.4. The minimum absolute atomic E-state index is 0.0789. The van der Waals surface area contributed by atoms with E-state index < -0.39 is 22.0 Å². The molecular formula is C19H19N5O5S2. The minimum Gasteiger partial charge on any atom is -0.321 e. The molecule has 3 N–H and O–H groups in total. The first-order valence-electron chi connectivity index (χ1n) is 8.97. The van der Waals surface area contributed by atoms with Crippen molar-refractivity contribution in [2.45, 2.75) is 24.4 Å². The second kappa shape index (κ2) is 9.75. The number of benzene rings is 1. The molecule has 2 heterocycles. The Morgan fingerprint density at radius 3 is 2.48 bits per heavy atom. The molecule has 0 bridgehead atoms. The molecule has 1 unspecified atom stereocenters. The Balaban J connectivity index is 1.86. The highest BCUT2D eigenvalue weighted by molar-refractivity contribution is 7.89. The monoisotopic (exact) mass is 461 g/mol. The predicted molar refractivity (Wildman–Crippen MR) is 113 cm³/mol. The van der Waals surface area contributed by atoms with E-state index in [-0.39, 0.29) is 17.3 Å². The molecule has 3 aromatic rings. The van der Waals surface area contributed by atoms with Gasteiger partial charge in [-0.25, -0.2) is 13.9 Å². The van der Waals surface area contributed by atoms with Crippen LogP contribution in [0.5, 0.6) is 0 Å². The van der Waals surface area contributed by atoms with Gasteiger partial charge in [-0.3, -0.25) is 24.8 Å². The van der Waals surface area contributed by atoms with Crippen LogP contribution < -0.4 is 10.8 Å². The lowest BCUT2D eigenvalue weighted by atomic mass is 10.2. The van der Waals surface area contributed by atoms with E-state index >= 15 is 0 Å². The van der Waals surface area contributed by atoms with Gasteiger partial charge in [0.15, 0.2) is 0 Å². The van der Waals surface area contributed by atoms with Crippen molar-refractivity contribution in [2.75, 3.05) is 5.32 Å². The molecule has 3 rings (SSSR count). The van der Waals surface area contributed by atoms with Crippen LogP contribution in [0.15, 0.2) is 65.4 Å². The van der Waals surface area contributed by atoms with E-state index in [2.05, 4.69) is 15.3 Å². The predicted octanol–water partition coefficient (Wildman–Crippen LogP) is 1.88. The average molecular weight is 462 g/mol. The number of nitrogens with zero attached hydrogens (tertiary/aromatic N) is 3. The lowest BCUT2D eigenvalue weighted by Crippen LogP contribution is -2.46. The number of carbonyl (C=O) groups excluding carboxylic acids is 2. The Labute approximate surface area is 182 Å². The average Bonchev–Trinajstić information content (AvgIpc) is 3.32. The summed E-state index contributed by atoms with van der Waals surface area (Å²) in [6.07, 6.45) is 4.47. The fraction of sp³-hybridized carbons (Fsp3) is 0.158. The van der Waals surface area contributed by atoms with Gasteiger partial charge in [0, 0.05) is 24.6 Å². The summed E-state index contributed by atoms with van der Waals surface area (Å²) in [6, 6.07) is 7.69. The number of hydrogen-bond donors (Lipinski definition) is 3. The van der Waals surface area contributed by atoms with Crippen molar-refractivity contribution in [2.24, 2.45) is 0 Å². The number of aromatic nitrogens is 2. The lowest BCUT2D eigenvalue weighted by molar-refractivity contribution is -0.132. The standard InChI is InChI=1S/C19H19N5O5S2/c1-13(18(25)23-27)24(11-14-3-2-8-20-9-14)31(28,29)16-6-4-15(5-7-16)22-19(26)17-10-21-12-30-17/h2-10,12-13,27H,11H2,1H3,(H,22,26)(H,23,25). The van der Waals surface area contributed by atoms with Gasteiger partial charge in [-0.05, 0) is 42.8 Å². The zero-order valence-corrected chi connectivity index (χ0v) is 17.9. The van der Waals surface area contributed by atoms with Gasteiger partial charge in [-0.15, -0.1) is 11.3 Å². The Morgan fingerprint density at radius 2 is 1.90 bits per heavy atom. The molecule has 2 amide bonds. The smallest absolute Gasteiger partial charge is 0.267 e. The first-order valence-corrected chi connectivity index (χ1v) is 11.3. The number of nitrogens with one attached hydrogen (secondary N) is 2. The normalized spacial score (nSPS) is 12.4. The molecule has 1 aromatic carbocycles. The van der Waals surface area contributed by atoms with Gasteiger partial charge >= 0.3 is 0 Å². The summed E-state index contributed by atoms with van der Waals surface area (Å²) < 4.78 is 27.5. The van der Waals surface area contributed by atoms with E-state index in [1.54, 1.807) is 18.3 Å². The molecule has 0 aliphatic carbocycles. The number of thiazole rings is 1. The Bertz CT molecular complexity index is 1140. The third kappa shape index (κ3) is 5.30. The summed E-state index contributed by atoms with van der Waals surface area (Å²) in [4.78, 5) is 32.2.